The fourth-order valence-corrected chi connectivity index (χ4v) is 2.21. The molecule has 2 amide bonds. The summed E-state index contributed by atoms with van der Waals surface area (Å²) in [5, 5.41) is 2.77. The molecule has 2 rings (SSSR count). The molecule has 1 aliphatic carbocycles. The molecule has 0 aromatic heterocycles. The molecule has 14 heavy (non-hydrogen) atoms. The normalized spacial score (nSPS) is 31.4. The first kappa shape index (κ1) is 9.24. The van der Waals surface area contributed by atoms with Crippen LogP contribution in [0.15, 0.2) is 11.8 Å². The van der Waals surface area contributed by atoms with Crippen LogP contribution < -0.4 is 11.1 Å². The quantitative estimate of drug-likeness (QED) is 0.589. The van der Waals surface area contributed by atoms with Gasteiger partial charge < -0.3 is 11.1 Å². The number of carbonyl (C=O) groups is 2. The zero-order valence-corrected chi connectivity index (χ0v) is 7.95. The highest BCUT2D eigenvalue weighted by Gasteiger charge is 2.35. The van der Waals surface area contributed by atoms with Crippen molar-refractivity contribution in [2.75, 3.05) is 0 Å². The molecule has 76 valence electrons. The topological polar surface area (TPSA) is 72.2 Å². The van der Waals surface area contributed by atoms with Gasteiger partial charge >= 0.3 is 0 Å². The van der Waals surface area contributed by atoms with E-state index in [1.54, 1.807) is 0 Å². The number of primary amides is 1. The predicted octanol–water partition coefficient (Wildman–Crippen LogP) is 0.292. The first-order valence-corrected chi connectivity index (χ1v) is 4.98. The van der Waals surface area contributed by atoms with Gasteiger partial charge in [-0.05, 0) is 25.7 Å². The number of hydrogen-bond donors (Lipinski definition) is 2. The minimum Gasteiger partial charge on any atom is -0.369 e. The van der Waals surface area contributed by atoms with Crippen molar-refractivity contribution >= 4 is 11.8 Å². The summed E-state index contributed by atoms with van der Waals surface area (Å²) < 4.78 is 0. The largest absolute Gasteiger partial charge is 0.369 e. The SMILES string of the molecule is NC(=O)C1CC2CCCC=C2NC1=O. The van der Waals surface area contributed by atoms with Gasteiger partial charge in [-0.1, -0.05) is 6.08 Å². The van der Waals surface area contributed by atoms with Gasteiger partial charge in [-0.15, -0.1) is 0 Å². The number of allylic oxidation sites excluding steroid dienone is 2. The van der Waals surface area contributed by atoms with E-state index in [4.69, 9.17) is 5.73 Å². The molecule has 1 aliphatic heterocycles. The molecule has 0 aromatic rings. The van der Waals surface area contributed by atoms with Crippen LogP contribution in [0.1, 0.15) is 25.7 Å². The number of fused-ring (bicyclic) bond motifs is 1. The standard InChI is InChI=1S/C10H14N2O2/c11-9(13)7-5-6-3-1-2-4-8(6)12-10(7)14/h4,6-7H,1-3,5H2,(H2,11,13)(H,12,14). The van der Waals surface area contributed by atoms with E-state index in [-0.39, 0.29) is 5.91 Å². The Morgan fingerprint density at radius 2 is 2.36 bits per heavy atom. The fourth-order valence-electron chi connectivity index (χ4n) is 2.21. The van der Waals surface area contributed by atoms with Gasteiger partial charge in [0, 0.05) is 11.6 Å². The monoisotopic (exact) mass is 194 g/mol. The van der Waals surface area contributed by atoms with Crippen molar-refractivity contribution in [2.45, 2.75) is 25.7 Å². The van der Waals surface area contributed by atoms with E-state index in [0.717, 1.165) is 25.0 Å². The molecule has 1 heterocycles. The van der Waals surface area contributed by atoms with Crippen LogP contribution >= 0.6 is 0 Å². The highest BCUT2D eigenvalue weighted by Crippen LogP contribution is 2.32. The summed E-state index contributed by atoms with van der Waals surface area (Å²) >= 11 is 0. The van der Waals surface area contributed by atoms with Gasteiger partial charge in [0.15, 0.2) is 0 Å². The minimum absolute atomic E-state index is 0.234. The highest BCUT2D eigenvalue weighted by molar-refractivity contribution is 6.00. The van der Waals surface area contributed by atoms with E-state index in [0.29, 0.717) is 12.3 Å². The van der Waals surface area contributed by atoms with Crippen molar-refractivity contribution in [3.63, 3.8) is 0 Å². The first-order chi connectivity index (χ1) is 6.68. The van der Waals surface area contributed by atoms with Crippen LogP contribution in [-0.2, 0) is 9.59 Å². The van der Waals surface area contributed by atoms with Gasteiger partial charge in [0.2, 0.25) is 11.8 Å². The van der Waals surface area contributed by atoms with Gasteiger partial charge in [0.05, 0.1) is 0 Å². The second-order valence-corrected chi connectivity index (χ2v) is 3.97. The van der Waals surface area contributed by atoms with Gasteiger partial charge in [0.1, 0.15) is 5.92 Å². The smallest absolute Gasteiger partial charge is 0.236 e. The van der Waals surface area contributed by atoms with E-state index in [2.05, 4.69) is 11.4 Å². The summed E-state index contributed by atoms with van der Waals surface area (Å²) in [6.07, 6.45) is 5.86. The predicted molar refractivity (Wildman–Crippen MR) is 50.9 cm³/mol. The minimum atomic E-state index is -0.629. The lowest BCUT2D eigenvalue weighted by atomic mass is 9.81. The Kier molecular flexibility index (Phi) is 2.27. The number of rotatable bonds is 1. The zero-order chi connectivity index (χ0) is 10.1. The van der Waals surface area contributed by atoms with Crippen molar-refractivity contribution in [2.24, 2.45) is 17.6 Å². The molecule has 1 fully saturated rings. The zero-order valence-electron chi connectivity index (χ0n) is 7.95. The lowest BCUT2D eigenvalue weighted by molar-refractivity contribution is -0.135. The highest BCUT2D eigenvalue weighted by atomic mass is 16.2. The fraction of sp³-hybridized carbons (Fsp3) is 0.600. The van der Waals surface area contributed by atoms with Crippen molar-refractivity contribution < 1.29 is 9.59 Å². The summed E-state index contributed by atoms with van der Waals surface area (Å²) in [5.41, 5.74) is 6.16. The van der Waals surface area contributed by atoms with Crippen LogP contribution in [0, 0.1) is 11.8 Å². The Hall–Kier alpha value is -1.32. The van der Waals surface area contributed by atoms with Gasteiger partial charge in [-0.2, -0.15) is 0 Å². The van der Waals surface area contributed by atoms with Crippen molar-refractivity contribution in [1.29, 1.82) is 0 Å². The van der Waals surface area contributed by atoms with E-state index in [1.807, 2.05) is 0 Å². The average molecular weight is 194 g/mol. The lowest BCUT2D eigenvalue weighted by Gasteiger charge is -2.32. The van der Waals surface area contributed by atoms with Crippen LogP contribution in [-0.4, -0.2) is 11.8 Å². The van der Waals surface area contributed by atoms with Crippen LogP contribution in [0.5, 0.6) is 0 Å². The third kappa shape index (κ3) is 1.52. The Labute approximate surface area is 82.5 Å². The molecular weight excluding hydrogens is 180 g/mol. The Morgan fingerprint density at radius 1 is 1.57 bits per heavy atom. The van der Waals surface area contributed by atoms with Gasteiger partial charge in [-0.25, -0.2) is 0 Å². The molecule has 2 atom stereocenters. The maximum atomic E-state index is 11.4. The Balaban J connectivity index is 2.16. The molecule has 0 saturated carbocycles. The van der Waals surface area contributed by atoms with Crippen LogP contribution in [0.25, 0.3) is 0 Å². The number of carbonyl (C=O) groups excluding carboxylic acids is 2. The summed E-state index contributed by atoms with van der Waals surface area (Å²) in [6, 6.07) is 0. The van der Waals surface area contributed by atoms with Crippen LogP contribution in [0.4, 0.5) is 0 Å². The molecular formula is C10H14N2O2. The third-order valence-electron chi connectivity index (χ3n) is 3.01. The molecule has 1 saturated heterocycles. The van der Waals surface area contributed by atoms with Crippen LogP contribution in [0.2, 0.25) is 0 Å². The summed E-state index contributed by atoms with van der Waals surface area (Å²) in [4.78, 5) is 22.4. The maximum absolute atomic E-state index is 11.4. The molecule has 0 bridgehead atoms. The number of nitrogens with one attached hydrogen (secondary N) is 1. The summed E-state index contributed by atoms with van der Waals surface area (Å²) in [6.45, 7) is 0. The summed E-state index contributed by atoms with van der Waals surface area (Å²) in [7, 11) is 0. The number of piperidine rings is 1. The summed E-state index contributed by atoms with van der Waals surface area (Å²) in [5.74, 6) is -1.04. The Bertz CT molecular complexity index is 309. The molecule has 2 aliphatic rings. The number of hydrogen-bond acceptors (Lipinski definition) is 2. The van der Waals surface area contributed by atoms with Crippen molar-refractivity contribution in [3.05, 3.63) is 11.8 Å². The molecule has 2 unspecified atom stereocenters. The van der Waals surface area contributed by atoms with Gasteiger partial charge in [-0.3, -0.25) is 9.59 Å². The molecule has 0 radical (unpaired) electrons. The lowest BCUT2D eigenvalue weighted by Crippen LogP contribution is -2.46. The van der Waals surface area contributed by atoms with Crippen molar-refractivity contribution in [1.82, 2.24) is 5.32 Å². The first-order valence-electron chi connectivity index (χ1n) is 4.98. The van der Waals surface area contributed by atoms with Crippen LogP contribution in [0.3, 0.4) is 0 Å². The van der Waals surface area contributed by atoms with E-state index >= 15 is 0 Å². The number of nitrogens with two attached hydrogens (primary N) is 1. The van der Waals surface area contributed by atoms with Crippen molar-refractivity contribution in [3.8, 4) is 0 Å². The molecule has 4 nitrogen and oxygen atoms in total. The second-order valence-electron chi connectivity index (χ2n) is 3.97. The molecule has 3 N–H and O–H groups in total. The Morgan fingerprint density at radius 3 is 3.07 bits per heavy atom. The number of amides is 2. The van der Waals surface area contributed by atoms with E-state index < -0.39 is 11.8 Å². The van der Waals surface area contributed by atoms with Gasteiger partial charge in [0.25, 0.3) is 0 Å². The van der Waals surface area contributed by atoms with E-state index in [9.17, 15) is 9.59 Å². The average Bonchev–Trinajstić information content (AvgIpc) is 2.16. The molecule has 0 spiro atoms. The molecule has 4 heteroatoms. The second kappa shape index (κ2) is 3.44. The van der Waals surface area contributed by atoms with E-state index in [1.165, 1.54) is 0 Å². The third-order valence-corrected chi connectivity index (χ3v) is 3.01. The molecule has 0 aromatic carbocycles. The maximum Gasteiger partial charge on any atom is 0.236 e.